The molecule has 0 aliphatic carbocycles. The highest BCUT2D eigenvalue weighted by Crippen LogP contribution is 2.29. The molecule has 5 nitrogen and oxygen atoms in total. The van der Waals surface area contributed by atoms with Crippen LogP contribution in [0.25, 0.3) is 0 Å². The molecule has 0 unspecified atom stereocenters. The molecule has 0 saturated carbocycles. The van der Waals surface area contributed by atoms with Gasteiger partial charge in [-0.1, -0.05) is 12.2 Å². The van der Waals surface area contributed by atoms with Crippen molar-refractivity contribution in [3.05, 3.63) is 11.3 Å². The van der Waals surface area contributed by atoms with E-state index in [2.05, 4.69) is 10.00 Å². The van der Waals surface area contributed by atoms with Crippen LogP contribution in [0.2, 0.25) is 0 Å². The predicted octanol–water partition coefficient (Wildman–Crippen LogP) is 0.714. The van der Waals surface area contributed by atoms with E-state index in [-0.39, 0.29) is 0 Å². The summed E-state index contributed by atoms with van der Waals surface area (Å²) >= 11 is 5.11. The fourth-order valence-electron chi connectivity index (χ4n) is 2.50. The van der Waals surface area contributed by atoms with Crippen molar-refractivity contribution in [1.29, 1.82) is 0 Å². The summed E-state index contributed by atoms with van der Waals surface area (Å²) in [5.41, 5.74) is 6.94. The first-order chi connectivity index (χ1) is 8.32. The maximum absolute atomic E-state index is 9.99. The maximum atomic E-state index is 9.99. The van der Waals surface area contributed by atoms with E-state index in [1.54, 1.807) is 0 Å². The molecule has 100 valence electrons. The van der Waals surface area contributed by atoms with Crippen molar-refractivity contribution in [2.24, 2.45) is 12.8 Å². The number of aliphatic hydroxyl groups is 1. The lowest BCUT2D eigenvalue weighted by molar-refractivity contribution is 0.0349. The van der Waals surface area contributed by atoms with Crippen molar-refractivity contribution in [3.63, 3.8) is 0 Å². The summed E-state index contributed by atoms with van der Waals surface area (Å²) in [6.07, 6.45) is 1.49. The first-order valence-corrected chi connectivity index (χ1v) is 6.53. The van der Waals surface area contributed by atoms with Crippen LogP contribution < -0.4 is 10.6 Å². The Kier molecular flexibility index (Phi) is 3.33. The van der Waals surface area contributed by atoms with Crippen LogP contribution in [0.4, 0.5) is 5.82 Å². The van der Waals surface area contributed by atoms with Crippen molar-refractivity contribution in [3.8, 4) is 0 Å². The van der Waals surface area contributed by atoms with Gasteiger partial charge < -0.3 is 15.7 Å². The Bertz CT molecular complexity index is 471. The smallest absolute Gasteiger partial charge is 0.137 e. The number of rotatable bonds is 2. The first-order valence-electron chi connectivity index (χ1n) is 6.12. The molecule has 1 aromatic heterocycles. The van der Waals surface area contributed by atoms with E-state index in [1.165, 1.54) is 0 Å². The van der Waals surface area contributed by atoms with Crippen molar-refractivity contribution in [2.45, 2.75) is 32.3 Å². The summed E-state index contributed by atoms with van der Waals surface area (Å²) in [7, 11) is 1.90. The minimum atomic E-state index is -0.562. The molecule has 0 bridgehead atoms. The normalized spacial score (nSPS) is 19.0. The number of anilines is 1. The summed E-state index contributed by atoms with van der Waals surface area (Å²) < 4.78 is 1.82. The number of hydrogen-bond donors (Lipinski definition) is 2. The van der Waals surface area contributed by atoms with Gasteiger partial charge in [0.2, 0.25) is 0 Å². The van der Waals surface area contributed by atoms with Gasteiger partial charge in [-0.05, 0) is 26.7 Å². The van der Waals surface area contributed by atoms with E-state index in [4.69, 9.17) is 18.0 Å². The summed E-state index contributed by atoms with van der Waals surface area (Å²) in [5, 5.41) is 14.4. The summed E-state index contributed by atoms with van der Waals surface area (Å²) in [4.78, 5) is 2.58. The fraction of sp³-hybridized carbons (Fsp3) is 0.667. The van der Waals surface area contributed by atoms with Crippen molar-refractivity contribution in [1.82, 2.24) is 9.78 Å². The van der Waals surface area contributed by atoms with E-state index in [0.717, 1.165) is 43.0 Å². The van der Waals surface area contributed by atoms with Gasteiger partial charge in [0.25, 0.3) is 0 Å². The zero-order valence-corrected chi connectivity index (χ0v) is 11.9. The quantitative estimate of drug-likeness (QED) is 0.773. The van der Waals surface area contributed by atoms with Crippen molar-refractivity contribution in [2.75, 3.05) is 18.0 Å². The maximum Gasteiger partial charge on any atom is 0.137 e. The fourth-order valence-corrected chi connectivity index (χ4v) is 2.74. The molecule has 2 heterocycles. The van der Waals surface area contributed by atoms with Crippen LogP contribution in [0, 0.1) is 6.92 Å². The van der Waals surface area contributed by atoms with Crippen LogP contribution in [-0.2, 0) is 7.05 Å². The molecule has 1 fully saturated rings. The lowest BCUT2D eigenvalue weighted by atomic mass is 9.93. The Morgan fingerprint density at radius 3 is 2.50 bits per heavy atom. The van der Waals surface area contributed by atoms with Gasteiger partial charge in [0.15, 0.2) is 0 Å². The van der Waals surface area contributed by atoms with Crippen LogP contribution in [0.5, 0.6) is 0 Å². The SMILES string of the molecule is Cc1nn(C)c(N2CCC(C)(O)CC2)c1C(N)=S. The number of nitrogens with two attached hydrogens (primary N) is 1. The van der Waals surface area contributed by atoms with E-state index >= 15 is 0 Å². The monoisotopic (exact) mass is 268 g/mol. The van der Waals surface area contributed by atoms with Crippen LogP contribution in [0.15, 0.2) is 0 Å². The number of piperidine rings is 1. The third-order valence-electron chi connectivity index (χ3n) is 3.58. The molecule has 0 amide bonds. The molecule has 0 radical (unpaired) electrons. The molecule has 1 aliphatic heterocycles. The summed E-state index contributed by atoms with van der Waals surface area (Å²) in [6.45, 7) is 5.38. The van der Waals surface area contributed by atoms with Crippen LogP contribution in [-0.4, -0.2) is 38.6 Å². The number of aryl methyl sites for hydroxylation is 2. The molecule has 18 heavy (non-hydrogen) atoms. The van der Waals surface area contributed by atoms with E-state index in [1.807, 2.05) is 25.6 Å². The van der Waals surface area contributed by atoms with Crippen molar-refractivity contribution < 1.29 is 5.11 Å². The molecule has 1 aliphatic rings. The third-order valence-corrected chi connectivity index (χ3v) is 3.78. The van der Waals surface area contributed by atoms with Crippen LogP contribution in [0.3, 0.4) is 0 Å². The minimum Gasteiger partial charge on any atom is -0.390 e. The lowest BCUT2D eigenvalue weighted by Crippen LogP contribution is -2.43. The summed E-state index contributed by atoms with van der Waals surface area (Å²) in [5.74, 6) is 0.968. The molecule has 6 heteroatoms. The molecular formula is C12H20N4OS. The predicted molar refractivity (Wildman–Crippen MR) is 75.9 cm³/mol. The Hall–Kier alpha value is -1.14. The highest BCUT2D eigenvalue weighted by molar-refractivity contribution is 7.80. The van der Waals surface area contributed by atoms with Gasteiger partial charge in [-0.2, -0.15) is 5.10 Å². The van der Waals surface area contributed by atoms with Gasteiger partial charge in [0, 0.05) is 20.1 Å². The van der Waals surface area contributed by atoms with Gasteiger partial charge in [0.05, 0.1) is 16.9 Å². The molecular weight excluding hydrogens is 248 g/mol. The average Bonchev–Trinajstić information content (AvgIpc) is 2.54. The zero-order chi connectivity index (χ0) is 13.5. The highest BCUT2D eigenvalue weighted by Gasteiger charge is 2.30. The molecule has 0 atom stereocenters. The Morgan fingerprint density at radius 2 is 2.00 bits per heavy atom. The number of nitrogens with zero attached hydrogens (tertiary/aromatic N) is 3. The molecule has 3 N–H and O–H groups in total. The third kappa shape index (κ3) is 2.35. The number of aromatic nitrogens is 2. The second kappa shape index (κ2) is 4.51. The van der Waals surface area contributed by atoms with E-state index in [9.17, 15) is 5.11 Å². The second-order valence-electron chi connectivity index (χ2n) is 5.26. The largest absolute Gasteiger partial charge is 0.390 e. The van der Waals surface area contributed by atoms with Gasteiger partial charge >= 0.3 is 0 Å². The van der Waals surface area contributed by atoms with Crippen LogP contribution in [0.1, 0.15) is 31.0 Å². The molecule has 1 saturated heterocycles. The topological polar surface area (TPSA) is 67.3 Å². The number of hydrogen-bond acceptors (Lipinski definition) is 4. The molecule has 0 aromatic carbocycles. The van der Waals surface area contributed by atoms with Crippen LogP contribution >= 0.6 is 12.2 Å². The van der Waals surface area contributed by atoms with Gasteiger partial charge in [-0.25, -0.2) is 0 Å². The Labute approximate surface area is 113 Å². The minimum absolute atomic E-state index is 0.382. The van der Waals surface area contributed by atoms with E-state index in [0.29, 0.717) is 4.99 Å². The van der Waals surface area contributed by atoms with Gasteiger partial charge in [-0.15, -0.1) is 0 Å². The zero-order valence-electron chi connectivity index (χ0n) is 11.1. The van der Waals surface area contributed by atoms with Gasteiger partial charge in [0.1, 0.15) is 10.8 Å². The summed E-state index contributed by atoms with van der Waals surface area (Å²) in [6, 6.07) is 0. The lowest BCUT2D eigenvalue weighted by Gasteiger charge is -2.37. The van der Waals surface area contributed by atoms with E-state index < -0.39 is 5.60 Å². The average molecular weight is 268 g/mol. The number of thiocarbonyl (C=S) groups is 1. The molecule has 1 aromatic rings. The highest BCUT2D eigenvalue weighted by atomic mass is 32.1. The Balaban J connectivity index is 2.32. The molecule has 2 rings (SSSR count). The Morgan fingerprint density at radius 1 is 1.44 bits per heavy atom. The van der Waals surface area contributed by atoms with Gasteiger partial charge in [-0.3, -0.25) is 4.68 Å². The second-order valence-corrected chi connectivity index (χ2v) is 5.70. The standard InChI is InChI=1S/C12H20N4OS/c1-8-9(10(13)18)11(15(3)14-8)16-6-4-12(2,17)5-7-16/h17H,4-7H2,1-3H3,(H2,13,18). The van der Waals surface area contributed by atoms with Crippen molar-refractivity contribution >= 4 is 23.0 Å². The molecule has 0 spiro atoms. The first kappa shape index (κ1) is 13.3.